The number of benzene rings is 1. The van der Waals surface area contributed by atoms with Crippen LogP contribution in [-0.2, 0) is 10.0 Å². The first-order chi connectivity index (χ1) is 8.12. The average Bonchev–Trinajstić information content (AvgIpc) is 2.19. The van der Waals surface area contributed by atoms with Crippen LogP contribution in [-0.4, -0.2) is 15.0 Å². The highest BCUT2D eigenvalue weighted by Crippen LogP contribution is 2.21. The molecule has 18 heavy (non-hydrogen) atoms. The number of hydrogen-bond donors (Lipinski definition) is 1. The van der Waals surface area contributed by atoms with Gasteiger partial charge in [-0.3, -0.25) is 0 Å². The zero-order valence-corrected chi connectivity index (χ0v) is 13.7. The molecule has 1 aromatic carbocycles. The maximum atomic E-state index is 12.1. The van der Waals surface area contributed by atoms with Crippen LogP contribution in [0.25, 0.3) is 0 Å². The maximum Gasteiger partial charge on any atom is 0.240 e. The van der Waals surface area contributed by atoms with Gasteiger partial charge in [0.05, 0.1) is 4.90 Å². The second kappa shape index (κ2) is 5.72. The second-order valence-electron chi connectivity index (χ2n) is 5.62. The van der Waals surface area contributed by atoms with Gasteiger partial charge in [-0.25, -0.2) is 13.1 Å². The number of hydrogen-bond acceptors (Lipinski definition) is 2. The van der Waals surface area contributed by atoms with Crippen molar-refractivity contribution in [2.75, 3.05) is 6.54 Å². The molecule has 0 saturated heterocycles. The van der Waals surface area contributed by atoms with Crippen LogP contribution < -0.4 is 4.72 Å². The molecule has 0 fully saturated rings. The highest BCUT2D eigenvalue weighted by atomic mass is 79.9. The van der Waals surface area contributed by atoms with Crippen molar-refractivity contribution >= 4 is 26.0 Å². The van der Waals surface area contributed by atoms with Crippen LogP contribution in [0.4, 0.5) is 0 Å². The summed E-state index contributed by atoms with van der Waals surface area (Å²) in [6, 6.07) is 5.04. The van der Waals surface area contributed by atoms with Crippen molar-refractivity contribution in [2.45, 2.75) is 39.0 Å². The molecule has 1 N–H and O–H groups in total. The minimum absolute atomic E-state index is 0.123. The van der Waals surface area contributed by atoms with Crippen LogP contribution in [0.3, 0.4) is 0 Å². The number of rotatable bonds is 4. The molecular weight excluding hydrogens is 314 g/mol. The Morgan fingerprint density at radius 3 is 2.39 bits per heavy atom. The van der Waals surface area contributed by atoms with Crippen LogP contribution in [0.1, 0.15) is 32.8 Å². The van der Waals surface area contributed by atoms with E-state index in [1.165, 1.54) is 0 Å². The molecule has 3 nitrogen and oxygen atoms in total. The average molecular weight is 334 g/mol. The van der Waals surface area contributed by atoms with E-state index in [0.29, 0.717) is 11.4 Å². The lowest BCUT2D eigenvalue weighted by Crippen LogP contribution is -2.27. The summed E-state index contributed by atoms with van der Waals surface area (Å²) in [6.07, 6.45) is 0.807. The van der Waals surface area contributed by atoms with Gasteiger partial charge < -0.3 is 0 Å². The van der Waals surface area contributed by atoms with Gasteiger partial charge in [-0.1, -0.05) is 36.7 Å². The van der Waals surface area contributed by atoms with Crippen molar-refractivity contribution in [3.8, 4) is 0 Å². The third-order valence-corrected chi connectivity index (χ3v) is 4.96. The van der Waals surface area contributed by atoms with Crippen molar-refractivity contribution in [2.24, 2.45) is 5.41 Å². The normalized spacial score (nSPS) is 12.7. The summed E-state index contributed by atoms with van der Waals surface area (Å²) in [6.45, 7) is 8.60. The minimum atomic E-state index is -3.39. The molecule has 102 valence electrons. The van der Waals surface area contributed by atoms with Gasteiger partial charge in [0.25, 0.3) is 0 Å². The van der Waals surface area contributed by atoms with Gasteiger partial charge in [-0.2, -0.15) is 0 Å². The summed E-state index contributed by atoms with van der Waals surface area (Å²) in [5.41, 5.74) is 1.03. The molecule has 0 radical (unpaired) electrons. The molecule has 0 unspecified atom stereocenters. The lowest BCUT2D eigenvalue weighted by atomic mass is 9.93. The molecule has 5 heteroatoms. The number of sulfonamides is 1. The Bertz CT molecular complexity index is 518. The van der Waals surface area contributed by atoms with Crippen molar-refractivity contribution in [1.82, 2.24) is 4.72 Å². The molecule has 1 aromatic rings. The molecule has 0 aliphatic carbocycles. The first-order valence-corrected chi connectivity index (χ1v) is 8.15. The van der Waals surface area contributed by atoms with E-state index >= 15 is 0 Å². The highest BCUT2D eigenvalue weighted by Gasteiger charge is 2.16. The zero-order chi connectivity index (χ0) is 14.0. The van der Waals surface area contributed by atoms with Gasteiger partial charge in [0.15, 0.2) is 0 Å². The Labute approximate surface area is 118 Å². The first-order valence-electron chi connectivity index (χ1n) is 5.88. The maximum absolute atomic E-state index is 12.1. The second-order valence-corrected chi connectivity index (χ2v) is 8.24. The number of nitrogens with one attached hydrogen (secondary N) is 1. The molecule has 1 rings (SSSR count). The first kappa shape index (κ1) is 15.7. The Morgan fingerprint density at radius 2 is 1.89 bits per heavy atom. The summed E-state index contributed by atoms with van der Waals surface area (Å²) >= 11 is 3.36. The third-order valence-electron chi connectivity index (χ3n) is 2.61. The summed E-state index contributed by atoms with van der Waals surface area (Å²) in [5.74, 6) is 0. The van der Waals surface area contributed by atoms with E-state index in [9.17, 15) is 8.42 Å². The fourth-order valence-electron chi connectivity index (χ4n) is 1.43. The Hall–Kier alpha value is -0.390. The molecule has 0 saturated carbocycles. The van der Waals surface area contributed by atoms with Crippen molar-refractivity contribution in [3.05, 3.63) is 28.2 Å². The zero-order valence-electron chi connectivity index (χ0n) is 11.2. The topological polar surface area (TPSA) is 46.2 Å². The van der Waals surface area contributed by atoms with E-state index in [4.69, 9.17) is 0 Å². The van der Waals surface area contributed by atoms with Crippen molar-refractivity contribution in [3.63, 3.8) is 0 Å². The summed E-state index contributed by atoms with van der Waals surface area (Å²) in [7, 11) is -3.39. The third kappa shape index (κ3) is 4.71. The van der Waals surface area contributed by atoms with Gasteiger partial charge >= 0.3 is 0 Å². The van der Waals surface area contributed by atoms with E-state index in [0.717, 1.165) is 16.5 Å². The molecule has 0 bridgehead atoms. The lowest BCUT2D eigenvalue weighted by molar-refractivity contribution is 0.378. The van der Waals surface area contributed by atoms with Crippen molar-refractivity contribution < 1.29 is 8.42 Å². The minimum Gasteiger partial charge on any atom is -0.211 e. The van der Waals surface area contributed by atoms with E-state index in [1.807, 2.05) is 6.92 Å². The molecule has 0 atom stereocenters. The van der Waals surface area contributed by atoms with E-state index in [1.54, 1.807) is 18.2 Å². The van der Waals surface area contributed by atoms with E-state index in [-0.39, 0.29) is 5.41 Å². The van der Waals surface area contributed by atoms with E-state index in [2.05, 4.69) is 41.4 Å². The Morgan fingerprint density at radius 1 is 1.28 bits per heavy atom. The fraction of sp³-hybridized carbons (Fsp3) is 0.538. The molecule has 0 aliphatic heterocycles. The predicted octanol–water partition coefficient (Wildman–Crippen LogP) is 3.47. The van der Waals surface area contributed by atoms with Crippen LogP contribution in [0, 0.1) is 12.3 Å². The van der Waals surface area contributed by atoms with Gasteiger partial charge in [0.2, 0.25) is 10.0 Å². The quantitative estimate of drug-likeness (QED) is 0.916. The Balaban J connectivity index is 2.77. The Kier molecular flexibility index (Phi) is 4.98. The molecule has 0 amide bonds. The monoisotopic (exact) mass is 333 g/mol. The number of aryl methyl sites for hydroxylation is 1. The van der Waals surface area contributed by atoms with Gasteiger partial charge in [0.1, 0.15) is 0 Å². The largest absolute Gasteiger partial charge is 0.240 e. The van der Waals surface area contributed by atoms with Crippen LogP contribution in [0.2, 0.25) is 0 Å². The molecule has 0 heterocycles. The SMILES string of the molecule is Cc1cc(S(=O)(=O)NCCC(C)(C)C)ccc1Br. The summed E-state index contributed by atoms with van der Waals surface area (Å²) in [5, 5.41) is 0. The van der Waals surface area contributed by atoms with E-state index < -0.39 is 10.0 Å². The van der Waals surface area contributed by atoms with Gasteiger partial charge in [0, 0.05) is 11.0 Å². The van der Waals surface area contributed by atoms with Crippen LogP contribution in [0.5, 0.6) is 0 Å². The van der Waals surface area contributed by atoms with Crippen LogP contribution in [0.15, 0.2) is 27.6 Å². The molecule has 0 spiro atoms. The fourth-order valence-corrected chi connectivity index (χ4v) is 2.79. The summed E-state index contributed by atoms with van der Waals surface area (Å²) < 4.78 is 27.7. The standard InChI is InChI=1S/C13H20BrNO2S/c1-10-9-11(5-6-12(10)14)18(16,17)15-8-7-13(2,3)4/h5-6,9,15H,7-8H2,1-4H3. The lowest BCUT2D eigenvalue weighted by Gasteiger charge is -2.18. The van der Waals surface area contributed by atoms with Crippen LogP contribution >= 0.6 is 15.9 Å². The molecule has 0 aromatic heterocycles. The van der Waals surface area contributed by atoms with Crippen molar-refractivity contribution in [1.29, 1.82) is 0 Å². The summed E-state index contributed by atoms with van der Waals surface area (Å²) in [4.78, 5) is 0.317. The highest BCUT2D eigenvalue weighted by molar-refractivity contribution is 9.10. The van der Waals surface area contributed by atoms with Gasteiger partial charge in [-0.05, 0) is 42.5 Å². The number of halogens is 1. The smallest absolute Gasteiger partial charge is 0.211 e. The van der Waals surface area contributed by atoms with Gasteiger partial charge in [-0.15, -0.1) is 0 Å². The predicted molar refractivity (Wildman–Crippen MR) is 78.1 cm³/mol. The molecular formula is C13H20BrNO2S. The molecule has 0 aliphatic rings.